The molecule has 2 aromatic rings. The van der Waals surface area contributed by atoms with Gasteiger partial charge in [0.15, 0.2) is 0 Å². The third kappa shape index (κ3) is 4.48. The van der Waals surface area contributed by atoms with E-state index in [2.05, 4.69) is 26.5 Å². The lowest BCUT2D eigenvalue weighted by atomic mass is 10.2. The van der Waals surface area contributed by atoms with Crippen molar-refractivity contribution in [1.29, 1.82) is 0 Å². The molecule has 0 radical (unpaired) electrons. The summed E-state index contributed by atoms with van der Waals surface area (Å²) in [4.78, 5) is 21.9. The molecule has 0 saturated heterocycles. The van der Waals surface area contributed by atoms with Crippen LogP contribution in [0.5, 0.6) is 5.75 Å². The van der Waals surface area contributed by atoms with Gasteiger partial charge in [0.25, 0.3) is 11.6 Å². The summed E-state index contributed by atoms with van der Waals surface area (Å²) in [5.74, 6) is -0.456. The molecule has 0 aliphatic carbocycles. The van der Waals surface area contributed by atoms with Crippen LogP contribution in [-0.2, 0) is 0 Å². The SMILES string of the molecule is O=C(NN=Cc1cc(Br)cc(I)c1O)c1ccc([N+](=O)[O-])cc1. The van der Waals surface area contributed by atoms with Crippen LogP contribution in [-0.4, -0.2) is 22.2 Å². The molecule has 0 heterocycles. The van der Waals surface area contributed by atoms with Crippen LogP contribution in [0.3, 0.4) is 0 Å². The van der Waals surface area contributed by atoms with Crippen molar-refractivity contribution >= 4 is 56.3 Å². The molecule has 23 heavy (non-hydrogen) atoms. The number of non-ortho nitro benzene ring substituents is 1. The van der Waals surface area contributed by atoms with Gasteiger partial charge in [0.1, 0.15) is 5.75 Å². The number of aromatic hydroxyl groups is 1. The molecule has 0 spiro atoms. The maximum absolute atomic E-state index is 11.9. The van der Waals surface area contributed by atoms with Crippen molar-refractivity contribution in [3.8, 4) is 5.75 Å². The molecule has 0 aliphatic heterocycles. The van der Waals surface area contributed by atoms with Crippen molar-refractivity contribution in [1.82, 2.24) is 5.43 Å². The molecule has 0 aliphatic rings. The largest absolute Gasteiger partial charge is 0.506 e. The van der Waals surface area contributed by atoms with Crippen molar-refractivity contribution in [3.63, 3.8) is 0 Å². The second-order valence-corrected chi connectivity index (χ2v) is 6.41. The molecule has 0 fully saturated rings. The molecular formula is C14H9BrIN3O4. The first-order valence-electron chi connectivity index (χ1n) is 6.14. The van der Waals surface area contributed by atoms with E-state index in [1.807, 2.05) is 22.6 Å². The van der Waals surface area contributed by atoms with Crippen molar-refractivity contribution in [3.05, 3.63) is 65.7 Å². The number of hydrazone groups is 1. The summed E-state index contributed by atoms with van der Waals surface area (Å²) in [5, 5.41) is 24.2. The van der Waals surface area contributed by atoms with E-state index in [1.165, 1.54) is 30.5 Å². The van der Waals surface area contributed by atoms with E-state index in [9.17, 15) is 20.0 Å². The van der Waals surface area contributed by atoms with Crippen LogP contribution in [0.25, 0.3) is 0 Å². The molecule has 2 aromatic carbocycles. The monoisotopic (exact) mass is 489 g/mol. The average molecular weight is 490 g/mol. The van der Waals surface area contributed by atoms with Crippen LogP contribution < -0.4 is 5.43 Å². The Kier molecular flexibility index (Phi) is 5.66. The molecule has 0 atom stereocenters. The number of nitrogens with one attached hydrogen (secondary N) is 1. The second-order valence-electron chi connectivity index (χ2n) is 4.33. The predicted molar refractivity (Wildman–Crippen MR) is 96.7 cm³/mol. The lowest BCUT2D eigenvalue weighted by Gasteiger charge is -2.03. The van der Waals surface area contributed by atoms with Crippen molar-refractivity contribution < 1.29 is 14.8 Å². The number of hydrogen-bond acceptors (Lipinski definition) is 5. The summed E-state index contributed by atoms with van der Waals surface area (Å²) < 4.78 is 1.41. The molecule has 0 aromatic heterocycles. The fraction of sp³-hybridized carbons (Fsp3) is 0. The fourth-order valence-electron chi connectivity index (χ4n) is 1.64. The topological polar surface area (TPSA) is 105 Å². The number of rotatable bonds is 4. The smallest absolute Gasteiger partial charge is 0.271 e. The Bertz CT molecular complexity index is 793. The van der Waals surface area contributed by atoms with E-state index < -0.39 is 10.8 Å². The number of nitro groups is 1. The number of phenolic OH excluding ortho intramolecular Hbond substituents is 1. The Morgan fingerprint density at radius 1 is 1.35 bits per heavy atom. The average Bonchev–Trinajstić information content (AvgIpc) is 2.51. The van der Waals surface area contributed by atoms with Gasteiger partial charge < -0.3 is 5.11 Å². The van der Waals surface area contributed by atoms with Gasteiger partial charge in [0.2, 0.25) is 0 Å². The zero-order valence-corrected chi connectivity index (χ0v) is 15.1. The van der Waals surface area contributed by atoms with Crippen molar-refractivity contribution in [2.24, 2.45) is 5.10 Å². The Hall–Kier alpha value is -2.01. The predicted octanol–water partition coefficient (Wildman–Crippen LogP) is 3.43. The highest BCUT2D eigenvalue weighted by Crippen LogP contribution is 2.27. The number of amides is 1. The highest BCUT2D eigenvalue weighted by atomic mass is 127. The Morgan fingerprint density at radius 2 is 2.00 bits per heavy atom. The van der Waals surface area contributed by atoms with Crippen LogP contribution in [0.15, 0.2) is 46.0 Å². The highest BCUT2D eigenvalue weighted by molar-refractivity contribution is 14.1. The first-order valence-corrected chi connectivity index (χ1v) is 8.01. The number of hydrogen-bond donors (Lipinski definition) is 2. The van der Waals surface area contributed by atoms with Crippen LogP contribution in [0.2, 0.25) is 0 Å². The van der Waals surface area contributed by atoms with E-state index in [1.54, 1.807) is 12.1 Å². The number of phenols is 1. The Balaban J connectivity index is 2.08. The third-order valence-electron chi connectivity index (χ3n) is 2.77. The van der Waals surface area contributed by atoms with E-state index in [4.69, 9.17) is 0 Å². The fourth-order valence-corrected chi connectivity index (χ4v) is 3.19. The normalized spacial score (nSPS) is 10.7. The molecule has 1 amide bonds. The van der Waals surface area contributed by atoms with Crippen LogP contribution >= 0.6 is 38.5 Å². The van der Waals surface area contributed by atoms with Crippen molar-refractivity contribution in [2.75, 3.05) is 0 Å². The number of nitro benzene ring substituents is 1. The van der Waals surface area contributed by atoms with Gasteiger partial charge in [-0.15, -0.1) is 0 Å². The summed E-state index contributed by atoms with van der Waals surface area (Å²) in [6.07, 6.45) is 1.31. The summed E-state index contributed by atoms with van der Waals surface area (Å²) >= 11 is 5.28. The van der Waals surface area contributed by atoms with Gasteiger partial charge >= 0.3 is 0 Å². The van der Waals surface area contributed by atoms with E-state index >= 15 is 0 Å². The molecule has 2 rings (SSSR count). The van der Waals surface area contributed by atoms with Gasteiger partial charge in [-0.25, -0.2) is 5.43 Å². The first-order chi connectivity index (χ1) is 10.9. The van der Waals surface area contributed by atoms with Crippen molar-refractivity contribution in [2.45, 2.75) is 0 Å². The molecule has 0 bridgehead atoms. The number of carbonyl (C=O) groups excluding carboxylic acids is 1. The first kappa shape index (κ1) is 17.3. The summed E-state index contributed by atoms with van der Waals surface area (Å²) in [7, 11) is 0. The van der Waals surface area contributed by atoms with Crippen LogP contribution in [0.4, 0.5) is 5.69 Å². The lowest BCUT2D eigenvalue weighted by molar-refractivity contribution is -0.384. The van der Waals surface area contributed by atoms with Crippen LogP contribution in [0, 0.1) is 13.7 Å². The van der Waals surface area contributed by atoms with Gasteiger partial charge in [0.05, 0.1) is 14.7 Å². The minimum Gasteiger partial charge on any atom is -0.506 e. The van der Waals surface area contributed by atoms with Gasteiger partial charge in [-0.05, 0) is 46.9 Å². The van der Waals surface area contributed by atoms with Crippen LogP contribution in [0.1, 0.15) is 15.9 Å². The number of halogens is 2. The molecule has 2 N–H and O–H groups in total. The second kappa shape index (κ2) is 7.51. The summed E-state index contributed by atoms with van der Waals surface area (Å²) in [5.41, 5.74) is 2.87. The Morgan fingerprint density at radius 3 is 2.61 bits per heavy atom. The Labute approximate surface area is 152 Å². The maximum Gasteiger partial charge on any atom is 0.271 e. The minimum absolute atomic E-state index is 0.0575. The molecule has 0 saturated carbocycles. The van der Waals surface area contributed by atoms with E-state index in [0.29, 0.717) is 9.13 Å². The molecule has 118 valence electrons. The van der Waals surface area contributed by atoms with E-state index in [0.717, 1.165) is 4.47 Å². The molecular weight excluding hydrogens is 481 g/mol. The third-order valence-corrected chi connectivity index (χ3v) is 4.05. The van der Waals surface area contributed by atoms with E-state index in [-0.39, 0.29) is 17.0 Å². The quantitative estimate of drug-likeness (QED) is 0.297. The van der Waals surface area contributed by atoms with Gasteiger partial charge in [0, 0.05) is 27.7 Å². The zero-order valence-electron chi connectivity index (χ0n) is 11.4. The molecule has 7 nitrogen and oxygen atoms in total. The van der Waals surface area contributed by atoms with Gasteiger partial charge in [-0.2, -0.15) is 5.10 Å². The maximum atomic E-state index is 11.9. The number of benzene rings is 2. The lowest BCUT2D eigenvalue weighted by Crippen LogP contribution is -2.17. The zero-order chi connectivity index (χ0) is 17.0. The summed E-state index contributed by atoms with van der Waals surface area (Å²) in [6, 6.07) is 8.54. The molecule has 9 heteroatoms. The summed E-state index contributed by atoms with van der Waals surface area (Å²) in [6.45, 7) is 0. The number of carbonyl (C=O) groups is 1. The standard InChI is InChI=1S/C14H9BrIN3O4/c15-10-5-9(13(20)12(16)6-10)7-17-18-14(21)8-1-3-11(4-2-8)19(22)23/h1-7,20H,(H,18,21). The minimum atomic E-state index is -0.544. The molecule has 0 unspecified atom stereocenters. The highest BCUT2D eigenvalue weighted by Gasteiger charge is 2.09. The number of nitrogens with zero attached hydrogens (tertiary/aromatic N) is 2. The van der Waals surface area contributed by atoms with Gasteiger partial charge in [-0.1, -0.05) is 15.9 Å². The van der Waals surface area contributed by atoms with Gasteiger partial charge in [-0.3, -0.25) is 14.9 Å².